The molecule has 0 aromatic rings. The average molecular weight is 183 g/mol. The van der Waals surface area contributed by atoms with Crippen molar-refractivity contribution in [3.05, 3.63) is 11.6 Å². The fraction of sp³-hybridized carbons (Fsp3) is 0.727. The Morgan fingerprint density at radius 1 is 1.54 bits per heavy atom. The lowest BCUT2D eigenvalue weighted by Gasteiger charge is -2.13. The van der Waals surface area contributed by atoms with Gasteiger partial charge in [-0.25, -0.2) is 0 Å². The molecule has 0 saturated carbocycles. The van der Waals surface area contributed by atoms with Gasteiger partial charge < -0.3 is 5.73 Å². The van der Waals surface area contributed by atoms with Crippen LogP contribution < -0.4 is 5.73 Å². The van der Waals surface area contributed by atoms with Gasteiger partial charge in [-0.05, 0) is 20.3 Å². The van der Waals surface area contributed by atoms with Crippen molar-refractivity contribution < 1.29 is 4.79 Å². The van der Waals surface area contributed by atoms with Crippen molar-refractivity contribution in [2.75, 3.05) is 0 Å². The van der Waals surface area contributed by atoms with E-state index in [1.54, 1.807) is 0 Å². The maximum Gasteiger partial charge on any atom is 0.137 e. The largest absolute Gasteiger partial charge is 0.324 e. The zero-order valence-corrected chi connectivity index (χ0v) is 9.13. The quantitative estimate of drug-likeness (QED) is 0.664. The molecule has 2 nitrogen and oxygen atoms in total. The Kier molecular flexibility index (Phi) is 5.63. The van der Waals surface area contributed by atoms with Gasteiger partial charge in [-0.15, -0.1) is 0 Å². The molecule has 2 unspecified atom stereocenters. The number of carbonyl (C=O) groups is 1. The van der Waals surface area contributed by atoms with Crippen molar-refractivity contribution >= 4 is 5.78 Å². The summed E-state index contributed by atoms with van der Waals surface area (Å²) in [6.45, 7) is 7.90. The van der Waals surface area contributed by atoms with Crippen LogP contribution in [0.4, 0.5) is 0 Å². The van der Waals surface area contributed by atoms with E-state index in [1.165, 1.54) is 0 Å². The molecule has 0 bridgehead atoms. The SMILES string of the molecule is CC=C(C)C(N)CC(=O)C(C)CC. The summed E-state index contributed by atoms with van der Waals surface area (Å²) in [5, 5.41) is 0. The molecule has 2 heteroatoms. The van der Waals surface area contributed by atoms with E-state index < -0.39 is 0 Å². The maximum atomic E-state index is 11.5. The Morgan fingerprint density at radius 3 is 2.46 bits per heavy atom. The summed E-state index contributed by atoms with van der Waals surface area (Å²) in [7, 11) is 0. The van der Waals surface area contributed by atoms with E-state index in [4.69, 9.17) is 5.73 Å². The summed E-state index contributed by atoms with van der Waals surface area (Å²) >= 11 is 0. The third kappa shape index (κ3) is 4.23. The molecule has 0 spiro atoms. The van der Waals surface area contributed by atoms with E-state index in [-0.39, 0.29) is 17.7 Å². The predicted molar refractivity (Wildman–Crippen MR) is 56.5 cm³/mol. The smallest absolute Gasteiger partial charge is 0.137 e. The molecule has 0 aliphatic carbocycles. The highest BCUT2D eigenvalue weighted by Crippen LogP contribution is 2.10. The Hall–Kier alpha value is -0.630. The Labute approximate surface area is 81.2 Å². The first-order valence-corrected chi connectivity index (χ1v) is 4.94. The van der Waals surface area contributed by atoms with E-state index in [1.807, 2.05) is 33.8 Å². The standard InChI is InChI=1S/C11H21NO/c1-5-8(3)10(12)7-11(13)9(4)6-2/h5,9-10H,6-7,12H2,1-4H3. The van der Waals surface area contributed by atoms with Crippen molar-refractivity contribution in [1.82, 2.24) is 0 Å². The lowest BCUT2D eigenvalue weighted by atomic mass is 9.95. The van der Waals surface area contributed by atoms with Gasteiger partial charge in [-0.1, -0.05) is 25.5 Å². The molecule has 0 aliphatic rings. The second kappa shape index (κ2) is 5.92. The third-order valence-corrected chi connectivity index (χ3v) is 2.62. The highest BCUT2D eigenvalue weighted by Gasteiger charge is 2.15. The molecule has 0 fully saturated rings. The zero-order valence-electron chi connectivity index (χ0n) is 9.13. The van der Waals surface area contributed by atoms with Gasteiger partial charge in [0.2, 0.25) is 0 Å². The molecule has 0 amide bonds. The molecular formula is C11H21NO. The highest BCUT2D eigenvalue weighted by atomic mass is 16.1. The van der Waals surface area contributed by atoms with Gasteiger partial charge in [-0.2, -0.15) is 0 Å². The first kappa shape index (κ1) is 12.4. The van der Waals surface area contributed by atoms with Gasteiger partial charge in [0.25, 0.3) is 0 Å². The monoisotopic (exact) mass is 183 g/mol. The number of hydrogen-bond acceptors (Lipinski definition) is 2. The molecule has 0 aromatic heterocycles. The third-order valence-electron chi connectivity index (χ3n) is 2.62. The number of carbonyl (C=O) groups excluding carboxylic acids is 1. The topological polar surface area (TPSA) is 43.1 Å². The van der Waals surface area contributed by atoms with Crippen LogP contribution in [-0.4, -0.2) is 11.8 Å². The summed E-state index contributed by atoms with van der Waals surface area (Å²) in [4.78, 5) is 11.5. The summed E-state index contributed by atoms with van der Waals surface area (Å²) < 4.78 is 0. The minimum atomic E-state index is -0.0912. The number of hydrogen-bond donors (Lipinski definition) is 1. The van der Waals surface area contributed by atoms with E-state index in [2.05, 4.69) is 0 Å². The van der Waals surface area contributed by atoms with E-state index in [0.29, 0.717) is 6.42 Å². The fourth-order valence-corrected chi connectivity index (χ4v) is 1.02. The first-order valence-electron chi connectivity index (χ1n) is 4.94. The molecule has 0 aliphatic heterocycles. The van der Waals surface area contributed by atoms with Gasteiger partial charge in [0.15, 0.2) is 0 Å². The lowest BCUT2D eigenvalue weighted by Crippen LogP contribution is -2.27. The molecule has 0 heterocycles. The van der Waals surface area contributed by atoms with Crippen molar-refractivity contribution in [2.45, 2.75) is 46.6 Å². The Balaban J connectivity index is 4.06. The molecule has 0 saturated heterocycles. The van der Waals surface area contributed by atoms with Crippen LogP contribution >= 0.6 is 0 Å². The van der Waals surface area contributed by atoms with Crippen LogP contribution in [-0.2, 0) is 4.79 Å². The summed E-state index contributed by atoms with van der Waals surface area (Å²) in [6, 6.07) is -0.0912. The van der Waals surface area contributed by atoms with Crippen LogP contribution in [0.15, 0.2) is 11.6 Å². The van der Waals surface area contributed by atoms with Crippen molar-refractivity contribution in [1.29, 1.82) is 0 Å². The normalized spacial score (nSPS) is 16.8. The number of rotatable bonds is 5. The van der Waals surface area contributed by atoms with Gasteiger partial charge >= 0.3 is 0 Å². The zero-order chi connectivity index (χ0) is 10.4. The molecule has 2 N–H and O–H groups in total. The van der Waals surface area contributed by atoms with Gasteiger partial charge in [0.1, 0.15) is 5.78 Å². The lowest BCUT2D eigenvalue weighted by molar-refractivity contribution is -0.122. The van der Waals surface area contributed by atoms with E-state index in [0.717, 1.165) is 12.0 Å². The van der Waals surface area contributed by atoms with Gasteiger partial charge in [0.05, 0.1) is 0 Å². The predicted octanol–water partition coefficient (Wildman–Crippen LogP) is 2.29. The van der Waals surface area contributed by atoms with E-state index >= 15 is 0 Å². The molecule has 0 rings (SSSR count). The van der Waals surface area contributed by atoms with Crippen LogP contribution in [0.3, 0.4) is 0 Å². The number of Topliss-reactive ketones (excluding diaryl/α,β-unsaturated/α-hetero) is 1. The molecule has 2 atom stereocenters. The number of allylic oxidation sites excluding steroid dienone is 1. The van der Waals surface area contributed by atoms with Crippen molar-refractivity contribution in [2.24, 2.45) is 11.7 Å². The number of nitrogens with two attached hydrogens (primary N) is 1. The van der Waals surface area contributed by atoms with Crippen LogP contribution in [0.25, 0.3) is 0 Å². The second-order valence-electron chi connectivity index (χ2n) is 3.62. The second-order valence-corrected chi connectivity index (χ2v) is 3.62. The fourth-order valence-electron chi connectivity index (χ4n) is 1.02. The Bertz CT molecular complexity index is 196. The summed E-state index contributed by atoms with van der Waals surface area (Å²) in [5.41, 5.74) is 6.93. The molecule has 76 valence electrons. The van der Waals surface area contributed by atoms with Gasteiger partial charge in [0, 0.05) is 18.4 Å². The summed E-state index contributed by atoms with van der Waals surface area (Å²) in [5.74, 6) is 0.423. The maximum absolute atomic E-state index is 11.5. The highest BCUT2D eigenvalue weighted by molar-refractivity contribution is 5.81. The molecular weight excluding hydrogens is 162 g/mol. The van der Waals surface area contributed by atoms with E-state index in [9.17, 15) is 4.79 Å². The Morgan fingerprint density at radius 2 is 2.08 bits per heavy atom. The number of ketones is 1. The summed E-state index contributed by atoms with van der Waals surface area (Å²) in [6.07, 6.45) is 3.35. The minimum absolute atomic E-state index is 0.0912. The van der Waals surface area contributed by atoms with Crippen molar-refractivity contribution in [3.8, 4) is 0 Å². The van der Waals surface area contributed by atoms with Crippen LogP contribution in [0, 0.1) is 5.92 Å². The average Bonchev–Trinajstić information content (AvgIpc) is 2.14. The molecule has 0 aromatic carbocycles. The molecule has 13 heavy (non-hydrogen) atoms. The first-order chi connectivity index (χ1) is 6.02. The van der Waals surface area contributed by atoms with Gasteiger partial charge in [-0.3, -0.25) is 4.79 Å². The minimum Gasteiger partial charge on any atom is -0.324 e. The van der Waals surface area contributed by atoms with Crippen LogP contribution in [0.5, 0.6) is 0 Å². The van der Waals surface area contributed by atoms with Crippen molar-refractivity contribution in [3.63, 3.8) is 0 Å². The van der Waals surface area contributed by atoms with Crippen LogP contribution in [0.1, 0.15) is 40.5 Å². The molecule has 0 radical (unpaired) electrons. The van der Waals surface area contributed by atoms with Crippen LogP contribution in [0.2, 0.25) is 0 Å².